The van der Waals surface area contributed by atoms with Crippen molar-refractivity contribution < 1.29 is 14.3 Å². The number of carbonyl (C=O) groups is 2. The number of rotatable bonds is 6. The van der Waals surface area contributed by atoms with Gasteiger partial charge in [0.15, 0.2) is 6.10 Å². The fourth-order valence-corrected chi connectivity index (χ4v) is 3.69. The number of hydrogen-bond acceptors (Lipinski definition) is 6. The molecule has 0 fully saturated rings. The van der Waals surface area contributed by atoms with Crippen molar-refractivity contribution >= 4 is 34.0 Å². The van der Waals surface area contributed by atoms with Crippen molar-refractivity contribution in [1.82, 2.24) is 10.2 Å². The van der Waals surface area contributed by atoms with E-state index in [0.29, 0.717) is 22.5 Å². The molecule has 2 heterocycles. The lowest BCUT2D eigenvalue weighted by atomic mass is 10.1. The van der Waals surface area contributed by atoms with E-state index in [0.717, 1.165) is 11.4 Å². The summed E-state index contributed by atoms with van der Waals surface area (Å²) in [5, 5.41) is 12.2. The summed E-state index contributed by atoms with van der Waals surface area (Å²) in [7, 11) is 0. The third-order valence-electron chi connectivity index (χ3n) is 3.93. The molecule has 1 N–H and O–H groups in total. The van der Waals surface area contributed by atoms with Crippen molar-refractivity contribution in [3.63, 3.8) is 0 Å². The normalized spacial score (nSPS) is 16.4. The zero-order valence-electron chi connectivity index (χ0n) is 15.1. The lowest BCUT2D eigenvalue weighted by molar-refractivity contribution is -0.125. The predicted molar refractivity (Wildman–Crippen MR) is 101 cm³/mol. The Labute approximate surface area is 156 Å². The quantitative estimate of drug-likeness (QED) is 0.840. The van der Waals surface area contributed by atoms with E-state index in [1.807, 2.05) is 24.3 Å². The molecule has 2 aromatic rings. The summed E-state index contributed by atoms with van der Waals surface area (Å²) in [5.74, 6) is 0.802. The van der Waals surface area contributed by atoms with Crippen LogP contribution in [0.15, 0.2) is 24.3 Å². The van der Waals surface area contributed by atoms with Crippen LogP contribution in [0.5, 0.6) is 5.75 Å². The Balaban J connectivity index is 1.60. The first-order chi connectivity index (χ1) is 12.4. The Morgan fingerprint density at radius 2 is 2.12 bits per heavy atom. The van der Waals surface area contributed by atoms with Crippen molar-refractivity contribution in [3.8, 4) is 5.75 Å². The molecule has 1 aromatic heterocycles. The van der Waals surface area contributed by atoms with Gasteiger partial charge in [0, 0.05) is 19.4 Å². The Morgan fingerprint density at radius 3 is 2.88 bits per heavy atom. The molecule has 8 heteroatoms. The maximum absolute atomic E-state index is 12.4. The number of aromatic nitrogens is 2. The average molecular weight is 374 g/mol. The van der Waals surface area contributed by atoms with Gasteiger partial charge in [-0.25, -0.2) is 0 Å². The lowest BCUT2D eigenvalue weighted by Gasteiger charge is -2.32. The van der Waals surface area contributed by atoms with Crippen LogP contribution < -0.4 is 15.0 Å². The lowest BCUT2D eigenvalue weighted by Crippen LogP contribution is -2.45. The summed E-state index contributed by atoms with van der Waals surface area (Å²) in [6.07, 6.45) is 0.450. The van der Waals surface area contributed by atoms with Crippen LogP contribution in [0.4, 0.5) is 10.8 Å². The van der Waals surface area contributed by atoms with Crippen molar-refractivity contribution in [2.45, 2.75) is 39.7 Å². The fraction of sp³-hybridized carbons (Fsp3) is 0.444. The van der Waals surface area contributed by atoms with Crippen molar-refractivity contribution in [3.05, 3.63) is 29.3 Å². The first-order valence-corrected chi connectivity index (χ1v) is 9.45. The third kappa shape index (κ3) is 4.19. The predicted octanol–water partition coefficient (Wildman–Crippen LogP) is 2.88. The van der Waals surface area contributed by atoms with Gasteiger partial charge in [-0.15, -0.1) is 10.2 Å². The molecule has 0 aliphatic carbocycles. The number of anilines is 2. The first-order valence-electron chi connectivity index (χ1n) is 8.63. The molecular formula is C18H22N4O3S. The highest BCUT2D eigenvalue weighted by atomic mass is 32.1. The maximum atomic E-state index is 12.4. The second kappa shape index (κ2) is 7.82. The van der Waals surface area contributed by atoms with E-state index in [9.17, 15) is 9.59 Å². The summed E-state index contributed by atoms with van der Waals surface area (Å²) in [6, 6.07) is 7.34. The molecule has 1 aromatic carbocycles. The number of fused-ring (bicyclic) bond motifs is 1. The summed E-state index contributed by atoms with van der Waals surface area (Å²) >= 11 is 1.39. The van der Waals surface area contributed by atoms with Gasteiger partial charge in [0.2, 0.25) is 11.0 Å². The molecule has 0 saturated heterocycles. The maximum Gasteiger partial charge on any atom is 0.267 e. The highest BCUT2D eigenvalue weighted by Crippen LogP contribution is 2.33. The van der Waals surface area contributed by atoms with E-state index in [-0.39, 0.29) is 24.8 Å². The number of nitrogens with one attached hydrogen (secondary N) is 1. The molecule has 26 heavy (non-hydrogen) atoms. The zero-order chi connectivity index (χ0) is 18.7. The van der Waals surface area contributed by atoms with E-state index in [4.69, 9.17) is 4.74 Å². The number of nitrogens with zero attached hydrogens (tertiary/aromatic N) is 3. The second-order valence-corrected chi connectivity index (χ2v) is 7.68. The highest BCUT2D eigenvalue weighted by molar-refractivity contribution is 7.15. The standard InChI is InChI=1S/C18H22N4O3S/c1-11(2)10-16-20-21-18(26-16)19-15(23)8-9-22-13-6-4-5-7-14(13)25-12(3)17(22)24/h4-7,11-12H,8-10H2,1-3H3,(H,19,21,23)/t12-/m1/s1. The van der Waals surface area contributed by atoms with E-state index >= 15 is 0 Å². The second-order valence-electron chi connectivity index (χ2n) is 6.61. The van der Waals surface area contributed by atoms with Gasteiger partial charge in [0.25, 0.3) is 5.91 Å². The molecule has 7 nitrogen and oxygen atoms in total. The summed E-state index contributed by atoms with van der Waals surface area (Å²) in [6.45, 7) is 6.21. The molecule has 0 radical (unpaired) electrons. The minimum absolute atomic E-state index is 0.147. The number of hydrogen-bond donors (Lipinski definition) is 1. The van der Waals surface area contributed by atoms with Gasteiger partial charge in [0.05, 0.1) is 5.69 Å². The average Bonchev–Trinajstić information content (AvgIpc) is 3.01. The Hall–Kier alpha value is -2.48. The van der Waals surface area contributed by atoms with Gasteiger partial charge in [-0.1, -0.05) is 37.3 Å². The number of benzene rings is 1. The van der Waals surface area contributed by atoms with Gasteiger partial charge >= 0.3 is 0 Å². The Kier molecular flexibility index (Phi) is 5.51. The van der Waals surface area contributed by atoms with Gasteiger partial charge in [-0.2, -0.15) is 0 Å². The molecule has 138 valence electrons. The Bertz CT molecular complexity index is 805. The number of para-hydroxylation sites is 2. The smallest absolute Gasteiger partial charge is 0.267 e. The molecule has 2 amide bonds. The molecule has 0 spiro atoms. The minimum Gasteiger partial charge on any atom is -0.479 e. The zero-order valence-corrected chi connectivity index (χ0v) is 15.9. The van der Waals surface area contributed by atoms with Crippen LogP contribution in [-0.2, 0) is 16.0 Å². The van der Waals surface area contributed by atoms with Crippen molar-refractivity contribution in [1.29, 1.82) is 0 Å². The topological polar surface area (TPSA) is 84.4 Å². The van der Waals surface area contributed by atoms with Crippen LogP contribution in [-0.4, -0.2) is 34.7 Å². The van der Waals surface area contributed by atoms with Crippen LogP contribution in [0.25, 0.3) is 0 Å². The Morgan fingerprint density at radius 1 is 1.35 bits per heavy atom. The van der Waals surface area contributed by atoms with Crippen LogP contribution >= 0.6 is 11.3 Å². The monoisotopic (exact) mass is 374 g/mol. The number of amides is 2. The SMILES string of the molecule is CC(C)Cc1nnc(NC(=O)CCN2C(=O)[C@@H](C)Oc3ccccc32)s1. The van der Waals surface area contributed by atoms with Gasteiger partial charge in [-0.05, 0) is 25.0 Å². The van der Waals surface area contributed by atoms with Crippen LogP contribution in [0.2, 0.25) is 0 Å². The fourth-order valence-electron chi connectivity index (χ4n) is 2.72. The molecular weight excluding hydrogens is 352 g/mol. The molecule has 1 aliphatic rings. The molecule has 0 unspecified atom stereocenters. The number of ether oxygens (including phenoxy) is 1. The van der Waals surface area contributed by atoms with E-state index < -0.39 is 6.10 Å². The summed E-state index contributed by atoms with van der Waals surface area (Å²) in [5.41, 5.74) is 0.693. The number of carbonyl (C=O) groups excluding carboxylic acids is 2. The van der Waals surface area contributed by atoms with Crippen molar-refractivity contribution in [2.24, 2.45) is 5.92 Å². The van der Waals surface area contributed by atoms with Crippen LogP contribution in [0, 0.1) is 5.92 Å². The minimum atomic E-state index is -0.560. The molecule has 0 saturated carbocycles. The molecule has 0 bridgehead atoms. The third-order valence-corrected chi connectivity index (χ3v) is 4.79. The summed E-state index contributed by atoms with van der Waals surface area (Å²) < 4.78 is 5.60. The van der Waals surface area contributed by atoms with Crippen molar-refractivity contribution in [2.75, 3.05) is 16.8 Å². The van der Waals surface area contributed by atoms with Crippen LogP contribution in [0.1, 0.15) is 32.2 Å². The molecule has 1 aliphatic heterocycles. The first kappa shape index (κ1) is 18.3. The van der Waals surface area contributed by atoms with E-state index in [1.165, 1.54) is 11.3 Å². The van der Waals surface area contributed by atoms with E-state index in [2.05, 4.69) is 29.4 Å². The largest absolute Gasteiger partial charge is 0.479 e. The van der Waals surface area contributed by atoms with Crippen LogP contribution in [0.3, 0.4) is 0 Å². The van der Waals surface area contributed by atoms with Gasteiger partial charge in [0.1, 0.15) is 10.8 Å². The van der Waals surface area contributed by atoms with Gasteiger partial charge < -0.3 is 15.0 Å². The summed E-state index contributed by atoms with van der Waals surface area (Å²) in [4.78, 5) is 26.3. The van der Waals surface area contributed by atoms with Gasteiger partial charge in [-0.3, -0.25) is 9.59 Å². The van der Waals surface area contributed by atoms with E-state index in [1.54, 1.807) is 11.8 Å². The molecule has 1 atom stereocenters. The highest BCUT2D eigenvalue weighted by Gasteiger charge is 2.31. The molecule has 3 rings (SSSR count).